The molecule has 3 heterocycles. The summed E-state index contributed by atoms with van der Waals surface area (Å²) in [4.78, 5) is 2.33. The molecule has 0 bridgehead atoms. The second-order valence-corrected chi connectivity index (χ2v) is 5.23. The SMILES string of the molecule is C1CCNCC1.C1COCCN1.CN1CCNCC1. The summed E-state index contributed by atoms with van der Waals surface area (Å²) < 4.78 is 5.01. The minimum absolute atomic E-state index is 0.889. The number of hydrogen-bond donors (Lipinski definition) is 3. The molecule has 0 aromatic heterocycles. The molecular formula is C14H32N4O. The standard InChI is InChI=1S/C5H12N2.C5H11N.C4H9NO/c1-7-4-2-6-3-5-7;1-2-4-6-5-3-1;1-3-6-4-2-5-1/h6H,2-5H2,1H3;6H,1-5H2;5H,1-4H2. The lowest BCUT2D eigenvalue weighted by molar-refractivity contribution is 0.109. The zero-order valence-electron chi connectivity index (χ0n) is 12.5. The fraction of sp³-hybridized carbons (Fsp3) is 1.00. The Bertz CT molecular complexity index is 143. The quantitative estimate of drug-likeness (QED) is 0.574. The molecule has 5 heteroatoms. The van der Waals surface area contributed by atoms with E-state index in [2.05, 4.69) is 27.9 Å². The van der Waals surface area contributed by atoms with Crippen LogP contribution in [0.15, 0.2) is 0 Å². The van der Waals surface area contributed by atoms with Crippen LogP contribution in [0.2, 0.25) is 0 Å². The molecule has 0 aromatic rings. The van der Waals surface area contributed by atoms with Crippen LogP contribution in [0, 0.1) is 0 Å². The predicted octanol–water partition coefficient (Wildman–Crippen LogP) is -0.112. The van der Waals surface area contributed by atoms with Crippen molar-refractivity contribution < 1.29 is 4.74 Å². The molecule has 0 atom stereocenters. The van der Waals surface area contributed by atoms with Crippen molar-refractivity contribution in [1.82, 2.24) is 20.9 Å². The summed E-state index contributed by atoms with van der Waals surface area (Å²) in [5.74, 6) is 0. The van der Waals surface area contributed by atoms with Gasteiger partial charge in [-0.25, -0.2) is 0 Å². The maximum absolute atomic E-state index is 5.01. The Balaban J connectivity index is 0.000000143. The fourth-order valence-corrected chi connectivity index (χ4v) is 2.09. The fourth-order valence-electron chi connectivity index (χ4n) is 2.09. The summed E-state index contributed by atoms with van der Waals surface area (Å²) in [5, 5.41) is 9.72. The molecule has 3 rings (SSSR count). The summed E-state index contributed by atoms with van der Waals surface area (Å²) >= 11 is 0. The first-order valence-corrected chi connectivity index (χ1v) is 7.78. The van der Waals surface area contributed by atoms with Crippen LogP contribution in [0.4, 0.5) is 0 Å². The van der Waals surface area contributed by atoms with E-state index < -0.39 is 0 Å². The summed E-state index contributed by atoms with van der Waals surface area (Å²) in [6.07, 6.45) is 4.22. The molecule has 3 saturated heterocycles. The van der Waals surface area contributed by atoms with Crippen LogP contribution in [0.3, 0.4) is 0 Å². The lowest BCUT2D eigenvalue weighted by Gasteiger charge is -2.21. The van der Waals surface area contributed by atoms with Crippen LogP contribution in [0.25, 0.3) is 0 Å². The topological polar surface area (TPSA) is 48.6 Å². The van der Waals surface area contributed by atoms with Gasteiger partial charge in [0.2, 0.25) is 0 Å². The van der Waals surface area contributed by atoms with Crippen molar-refractivity contribution in [2.24, 2.45) is 0 Å². The molecule has 3 fully saturated rings. The molecule has 0 unspecified atom stereocenters. The number of likely N-dealkylation sites (N-methyl/N-ethyl adjacent to an activating group) is 1. The monoisotopic (exact) mass is 272 g/mol. The first-order valence-electron chi connectivity index (χ1n) is 7.78. The number of hydrogen-bond acceptors (Lipinski definition) is 5. The Morgan fingerprint density at radius 1 is 0.684 bits per heavy atom. The van der Waals surface area contributed by atoms with Gasteiger partial charge >= 0.3 is 0 Å². The molecule has 0 radical (unpaired) electrons. The van der Waals surface area contributed by atoms with Crippen LogP contribution < -0.4 is 16.0 Å². The summed E-state index contributed by atoms with van der Waals surface area (Å²) in [7, 11) is 2.15. The highest BCUT2D eigenvalue weighted by molar-refractivity contribution is 4.62. The van der Waals surface area contributed by atoms with Crippen molar-refractivity contribution in [3.05, 3.63) is 0 Å². The van der Waals surface area contributed by atoms with Crippen molar-refractivity contribution in [3.8, 4) is 0 Å². The van der Waals surface area contributed by atoms with Crippen LogP contribution >= 0.6 is 0 Å². The number of nitrogens with zero attached hydrogens (tertiary/aromatic N) is 1. The zero-order chi connectivity index (χ0) is 13.6. The lowest BCUT2D eigenvalue weighted by atomic mass is 10.2. The van der Waals surface area contributed by atoms with Crippen LogP contribution in [0.1, 0.15) is 19.3 Å². The van der Waals surface area contributed by atoms with Crippen molar-refractivity contribution in [3.63, 3.8) is 0 Å². The number of piperazine rings is 1. The summed E-state index contributed by atoms with van der Waals surface area (Å²) in [6, 6.07) is 0. The van der Waals surface area contributed by atoms with Gasteiger partial charge in [0.15, 0.2) is 0 Å². The highest BCUT2D eigenvalue weighted by atomic mass is 16.5. The molecule has 0 saturated carbocycles. The largest absolute Gasteiger partial charge is 0.379 e. The number of ether oxygens (including phenoxy) is 1. The third-order valence-corrected chi connectivity index (χ3v) is 3.39. The number of piperidine rings is 1. The molecule has 114 valence electrons. The highest BCUT2D eigenvalue weighted by Gasteiger charge is 2.01. The number of morpholine rings is 1. The normalized spacial score (nSPS) is 24.5. The van der Waals surface area contributed by atoms with E-state index in [4.69, 9.17) is 4.74 Å². The van der Waals surface area contributed by atoms with E-state index in [1.807, 2.05) is 0 Å². The van der Waals surface area contributed by atoms with Crippen molar-refractivity contribution >= 4 is 0 Å². The molecule has 5 nitrogen and oxygen atoms in total. The summed E-state index contributed by atoms with van der Waals surface area (Å²) in [6.45, 7) is 11.1. The Morgan fingerprint density at radius 3 is 1.42 bits per heavy atom. The molecule has 0 amide bonds. The van der Waals surface area contributed by atoms with Crippen LogP contribution in [-0.4, -0.2) is 77.5 Å². The maximum atomic E-state index is 5.01. The van der Waals surface area contributed by atoms with Gasteiger partial charge < -0.3 is 25.6 Å². The molecule has 0 aliphatic carbocycles. The van der Waals surface area contributed by atoms with Crippen LogP contribution in [-0.2, 0) is 4.74 Å². The van der Waals surface area contributed by atoms with E-state index >= 15 is 0 Å². The molecular weight excluding hydrogens is 240 g/mol. The Labute approximate surface area is 118 Å². The van der Waals surface area contributed by atoms with Gasteiger partial charge in [-0.3, -0.25) is 0 Å². The Morgan fingerprint density at radius 2 is 1.21 bits per heavy atom. The van der Waals surface area contributed by atoms with E-state index in [9.17, 15) is 0 Å². The van der Waals surface area contributed by atoms with E-state index in [0.717, 1.165) is 39.4 Å². The Hall–Kier alpha value is -0.200. The maximum Gasteiger partial charge on any atom is 0.0591 e. The minimum atomic E-state index is 0.889. The lowest BCUT2D eigenvalue weighted by Crippen LogP contribution is -2.40. The number of nitrogens with one attached hydrogen (secondary N) is 3. The van der Waals surface area contributed by atoms with E-state index in [1.165, 1.54) is 45.4 Å². The van der Waals surface area contributed by atoms with Gasteiger partial charge in [-0.05, 0) is 33.0 Å². The zero-order valence-corrected chi connectivity index (χ0v) is 12.5. The van der Waals surface area contributed by atoms with Gasteiger partial charge in [-0.15, -0.1) is 0 Å². The second-order valence-electron chi connectivity index (χ2n) is 5.23. The average molecular weight is 272 g/mol. The third-order valence-electron chi connectivity index (χ3n) is 3.39. The average Bonchev–Trinajstić information content (AvgIpc) is 2.53. The van der Waals surface area contributed by atoms with Gasteiger partial charge in [0.1, 0.15) is 0 Å². The van der Waals surface area contributed by atoms with Crippen molar-refractivity contribution in [2.75, 3.05) is 72.6 Å². The molecule has 3 N–H and O–H groups in total. The van der Waals surface area contributed by atoms with E-state index in [-0.39, 0.29) is 0 Å². The molecule has 0 aromatic carbocycles. The first kappa shape index (κ1) is 16.9. The van der Waals surface area contributed by atoms with Gasteiger partial charge in [0.25, 0.3) is 0 Å². The second kappa shape index (κ2) is 12.8. The highest BCUT2D eigenvalue weighted by Crippen LogP contribution is 1.96. The molecule has 3 aliphatic heterocycles. The van der Waals surface area contributed by atoms with Crippen molar-refractivity contribution in [2.45, 2.75) is 19.3 Å². The van der Waals surface area contributed by atoms with E-state index in [0.29, 0.717) is 0 Å². The van der Waals surface area contributed by atoms with Gasteiger partial charge in [-0.2, -0.15) is 0 Å². The van der Waals surface area contributed by atoms with E-state index in [1.54, 1.807) is 0 Å². The van der Waals surface area contributed by atoms with Crippen molar-refractivity contribution in [1.29, 1.82) is 0 Å². The molecule has 19 heavy (non-hydrogen) atoms. The van der Waals surface area contributed by atoms with Gasteiger partial charge in [0, 0.05) is 39.3 Å². The molecule has 3 aliphatic rings. The smallest absolute Gasteiger partial charge is 0.0591 e. The third kappa shape index (κ3) is 11.3. The van der Waals surface area contributed by atoms with Gasteiger partial charge in [0.05, 0.1) is 13.2 Å². The summed E-state index contributed by atoms with van der Waals surface area (Å²) in [5.41, 5.74) is 0. The van der Waals surface area contributed by atoms with Gasteiger partial charge in [-0.1, -0.05) is 6.42 Å². The predicted molar refractivity (Wildman–Crippen MR) is 80.8 cm³/mol. The Kier molecular flexibility index (Phi) is 11.4. The number of rotatable bonds is 0. The first-order chi connectivity index (χ1) is 9.39. The van der Waals surface area contributed by atoms with Crippen LogP contribution in [0.5, 0.6) is 0 Å². The molecule has 0 spiro atoms. The minimum Gasteiger partial charge on any atom is -0.379 e.